The fourth-order valence-electron chi connectivity index (χ4n) is 0.933. The second-order valence-electron chi connectivity index (χ2n) is 2.85. The summed E-state index contributed by atoms with van der Waals surface area (Å²) in [6.07, 6.45) is -3.42. The highest BCUT2D eigenvalue weighted by Crippen LogP contribution is 2.27. The van der Waals surface area contributed by atoms with Crippen molar-refractivity contribution in [3.05, 3.63) is 18.0 Å². The average Bonchev–Trinajstić information content (AvgIpc) is 2.62. The standard InChI is InChI=1S/C8H10F3N3O2/c1-2-16-13-7(15)5-14-4-3-6(12-14)8(9,10)11/h3-4H,2,5H2,1H3,(H,13,15). The molecule has 0 spiro atoms. The van der Waals surface area contributed by atoms with Gasteiger partial charge in [-0.3, -0.25) is 14.3 Å². The van der Waals surface area contributed by atoms with E-state index in [0.29, 0.717) is 0 Å². The van der Waals surface area contributed by atoms with E-state index in [-0.39, 0.29) is 13.2 Å². The molecule has 1 aromatic heterocycles. The van der Waals surface area contributed by atoms with Gasteiger partial charge >= 0.3 is 6.18 Å². The van der Waals surface area contributed by atoms with Gasteiger partial charge in [0.05, 0.1) is 6.61 Å². The highest BCUT2D eigenvalue weighted by molar-refractivity contribution is 5.74. The number of carbonyl (C=O) groups is 1. The van der Waals surface area contributed by atoms with Crippen LogP contribution in [0.1, 0.15) is 12.6 Å². The van der Waals surface area contributed by atoms with Gasteiger partial charge in [0.15, 0.2) is 5.69 Å². The maximum absolute atomic E-state index is 12.1. The third kappa shape index (κ3) is 3.54. The molecule has 1 rings (SSSR count). The van der Waals surface area contributed by atoms with E-state index in [0.717, 1.165) is 16.9 Å². The van der Waals surface area contributed by atoms with E-state index in [1.54, 1.807) is 6.92 Å². The maximum atomic E-state index is 12.1. The minimum atomic E-state index is -4.50. The zero-order valence-corrected chi connectivity index (χ0v) is 8.41. The number of hydrogen-bond acceptors (Lipinski definition) is 3. The number of hydrogen-bond donors (Lipinski definition) is 1. The predicted octanol–water partition coefficient (Wildman–Crippen LogP) is 0.970. The molecule has 90 valence electrons. The Kier molecular flexibility index (Phi) is 3.88. The largest absolute Gasteiger partial charge is 0.435 e. The first kappa shape index (κ1) is 12.5. The molecule has 1 amide bonds. The molecule has 5 nitrogen and oxygen atoms in total. The zero-order valence-electron chi connectivity index (χ0n) is 8.41. The number of carbonyl (C=O) groups excluding carboxylic acids is 1. The molecule has 8 heteroatoms. The Balaban J connectivity index is 2.56. The molecule has 0 radical (unpaired) electrons. The van der Waals surface area contributed by atoms with E-state index < -0.39 is 17.8 Å². The van der Waals surface area contributed by atoms with Gasteiger partial charge in [-0.15, -0.1) is 0 Å². The number of hydroxylamine groups is 1. The van der Waals surface area contributed by atoms with Crippen LogP contribution in [0.25, 0.3) is 0 Å². The van der Waals surface area contributed by atoms with Crippen LogP contribution in [0.2, 0.25) is 0 Å². The molecule has 0 bridgehead atoms. The van der Waals surface area contributed by atoms with Crippen LogP contribution < -0.4 is 5.48 Å². The smallest absolute Gasteiger partial charge is 0.274 e. The Morgan fingerprint density at radius 1 is 1.62 bits per heavy atom. The molecule has 0 aliphatic rings. The van der Waals surface area contributed by atoms with Gasteiger partial charge in [0.1, 0.15) is 6.54 Å². The van der Waals surface area contributed by atoms with Crippen LogP contribution in [-0.4, -0.2) is 22.3 Å². The molecule has 0 saturated heterocycles. The van der Waals surface area contributed by atoms with Crippen molar-refractivity contribution in [3.8, 4) is 0 Å². The fraction of sp³-hybridized carbons (Fsp3) is 0.500. The van der Waals surface area contributed by atoms with Crippen molar-refractivity contribution in [1.29, 1.82) is 0 Å². The summed E-state index contributed by atoms with van der Waals surface area (Å²) in [7, 11) is 0. The van der Waals surface area contributed by atoms with Crippen molar-refractivity contribution in [1.82, 2.24) is 15.3 Å². The Bertz CT molecular complexity index is 362. The minimum Gasteiger partial charge on any atom is -0.274 e. The number of amides is 1. The molecule has 16 heavy (non-hydrogen) atoms. The first-order valence-corrected chi connectivity index (χ1v) is 4.44. The summed E-state index contributed by atoms with van der Waals surface area (Å²) in [5.74, 6) is -0.571. The molecule has 0 saturated carbocycles. The van der Waals surface area contributed by atoms with Crippen molar-refractivity contribution in [2.45, 2.75) is 19.6 Å². The second kappa shape index (κ2) is 4.97. The number of nitrogens with one attached hydrogen (secondary N) is 1. The lowest BCUT2D eigenvalue weighted by Crippen LogP contribution is -2.28. The number of nitrogens with zero attached hydrogens (tertiary/aromatic N) is 2. The zero-order chi connectivity index (χ0) is 12.2. The van der Waals surface area contributed by atoms with Gasteiger partial charge in [-0.1, -0.05) is 0 Å². The van der Waals surface area contributed by atoms with Crippen LogP contribution in [0.3, 0.4) is 0 Å². The summed E-state index contributed by atoms with van der Waals surface area (Å²) >= 11 is 0. The monoisotopic (exact) mass is 237 g/mol. The van der Waals surface area contributed by atoms with Gasteiger partial charge in [0.2, 0.25) is 0 Å². The number of aromatic nitrogens is 2. The van der Waals surface area contributed by atoms with E-state index in [2.05, 4.69) is 9.94 Å². The molecule has 0 fully saturated rings. The average molecular weight is 237 g/mol. The minimum absolute atomic E-state index is 0.276. The van der Waals surface area contributed by atoms with E-state index >= 15 is 0 Å². The molecule has 1 N–H and O–H groups in total. The van der Waals surface area contributed by atoms with Crippen molar-refractivity contribution >= 4 is 5.91 Å². The van der Waals surface area contributed by atoms with E-state index in [1.165, 1.54) is 0 Å². The van der Waals surface area contributed by atoms with Gasteiger partial charge in [0.25, 0.3) is 5.91 Å². The van der Waals surface area contributed by atoms with Crippen LogP contribution >= 0.6 is 0 Å². The van der Waals surface area contributed by atoms with Crippen LogP contribution in [0.15, 0.2) is 12.3 Å². The summed E-state index contributed by atoms with van der Waals surface area (Å²) in [6, 6.07) is 0.800. The fourth-order valence-corrected chi connectivity index (χ4v) is 0.933. The van der Waals surface area contributed by atoms with Crippen LogP contribution in [0.4, 0.5) is 13.2 Å². The lowest BCUT2D eigenvalue weighted by Gasteiger charge is -2.04. The Morgan fingerprint density at radius 3 is 2.81 bits per heavy atom. The summed E-state index contributed by atoms with van der Waals surface area (Å²) in [6.45, 7) is 1.62. The van der Waals surface area contributed by atoms with Crippen LogP contribution in [0.5, 0.6) is 0 Å². The highest BCUT2D eigenvalue weighted by atomic mass is 19.4. The van der Waals surface area contributed by atoms with Crippen molar-refractivity contribution < 1.29 is 22.8 Å². The van der Waals surface area contributed by atoms with E-state index in [1.807, 2.05) is 5.48 Å². The molecule has 0 aromatic carbocycles. The molecule has 0 aliphatic carbocycles. The van der Waals surface area contributed by atoms with E-state index in [9.17, 15) is 18.0 Å². The first-order valence-electron chi connectivity index (χ1n) is 4.44. The summed E-state index contributed by atoms with van der Waals surface area (Å²) in [5, 5.41) is 3.20. The van der Waals surface area contributed by atoms with Crippen molar-refractivity contribution in [2.24, 2.45) is 0 Å². The number of alkyl halides is 3. The van der Waals surface area contributed by atoms with Gasteiger partial charge in [-0.05, 0) is 13.0 Å². The Morgan fingerprint density at radius 2 is 2.31 bits per heavy atom. The summed E-state index contributed by atoms with van der Waals surface area (Å²) in [4.78, 5) is 15.6. The van der Waals surface area contributed by atoms with Crippen LogP contribution in [0, 0.1) is 0 Å². The quantitative estimate of drug-likeness (QED) is 0.794. The molecule has 0 aliphatic heterocycles. The maximum Gasteiger partial charge on any atom is 0.435 e. The molecule has 0 unspecified atom stereocenters. The van der Waals surface area contributed by atoms with Crippen LogP contribution in [-0.2, 0) is 22.4 Å². The Labute approximate surface area is 89.1 Å². The van der Waals surface area contributed by atoms with Crippen molar-refractivity contribution in [3.63, 3.8) is 0 Å². The van der Waals surface area contributed by atoms with E-state index in [4.69, 9.17) is 0 Å². The lowest BCUT2D eigenvalue weighted by atomic mass is 10.4. The third-order valence-corrected chi connectivity index (χ3v) is 1.57. The second-order valence-corrected chi connectivity index (χ2v) is 2.85. The molecule has 1 heterocycles. The Hall–Kier alpha value is -1.57. The summed E-state index contributed by atoms with van der Waals surface area (Å²) in [5.41, 5.74) is 1.02. The van der Waals surface area contributed by atoms with Gasteiger partial charge in [-0.25, -0.2) is 5.48 Å². The first-order chi connectivity index (χ1) is 7.43. The lowest BCUT2D eigenvalue weighted by molar-refractivity contribution is -0.142. The molecule has 0 atom stereocenters. The molecular weight excluding hydrogens is 227 g/mol. The highest BCUT2D eigenvalue weighted by Gasteiger charge is 2.33. The SMILES string of the molecule is CCONC(=O)Cn1ccc(C(F)(F)F)n1. The normalized spacial score (nSPS) is 11.5. The van der Waals surface area contributed by atoms with Gasteiger partial charge < -0.3 is 0 Å². The number of rotatable bonds is 4. The topological polar surface area (TPSA) is 56.1 Å². The third-order valence-electron chi connectivity index (χ3n) is 1.57. The predicted molar refractivity (Wildman–Crippen MR) is 47.0 cm³/mol. The molecule has 1 aromatic rings. The number of halogens is 3. The van der Waals surface area contributed by atoms with Gasteiger partial charge in [0, 0.05) is 6.20 Å². The summed E-state index contributed by atoms with van der Waals surface area (Å²) < 4.78 is 37.3. The van der Waals surface area contributed by atoms with Crippen molar-refractivity contribution in [2.75, 3.05) is 6.61 Å². The van der Waals surface area contributed by atoms with Gasteiger partial charge in [-0.2, -0.15) is 18.3 Å². The molecular formula is C8H10F3N3O2.